The van der Waals surface area contributed by atoms with Crippen molar-refractivity contribution in [3.8, 4) is 5.69 Å². The second-order valence-corrected chi connectivity index (χ2v) is 6.22. The van der Waals surface area contributed by atoms with Crippen molar-refractivity contribution in [2.75, 3.05) is 5.73 Å². The lowest BCUT2D eigenvalue weighted by Crippen LogP contribution is -2.04. The van der Waals surface area contributed by atoms with Gasteiger partial charge in [0.1, 0.15) is 0 Å². The third kappa shape index (κ3) is 1.70. The van der Waals surface area contributed by atoms with Crippen LogP contribution in [0.1, 0.15) is 11.3 Å². The molecule has 2 aromatic rings. The zero-order valence-electron chi connectivity index (χ0n) is 9.00. The number of nitrogens with zero attached hydrogens (tertiary/aromatic N) is 2. The van der Waals surface area contributed by atoms with Crippen molar-refractivity contribution in [1.29, 1.82) is 0 Å². The summed E-state index contributed by atoms with van der Waals surface area (Å²) >= 11 is 0. The Bertz CT molecular complexity index is 671. The second-order valence-electron chi connectivity index (χ2n) is 4.15. The van der Waals surface area contributed by atoms with Crippen LogP contribution in [0.5, 0.6) is 0 Å². The van der Waals surface area contributed by atoms with Crippen molar-refractivity contribution < 1.29 is 8.42 Å². The standard InChI is InChI=1S/C11H11N3O2S/c12-9-1-3-10(4-2-9)14-11-7-17(15,16)6-8(11)5-13-14/h1-5H,6-7,12H2. The fourth-order valence-electron chi connectivity index (χ4n) is 2.02. The highest BCUT2D eigenvalue weighted by molar-refractivity contribution is 7.90. The minimum absolute atomic E-state index is 0.0622. The van der Waals surface area contributed by atoms with Gasteiger partial charge in [0.05, 0.1) is 29.1 Å². The Morgan fingerprint density at radius 3 is 2.59 bits per heavy atom. The summed E-state index contributed by atoms with van der Waals surface area (Å²) in [5, 5.41) is 4.21. The molecule has 1 aromatic carbocycles. The van der Waals surface area contributed by atoms with E-state index in [2.05, 4.69) is 5.10 Å². The van der Waals surface area contributed by atoms with Crippen LogP contribution in [0.4, 0.5) is 5.69 Å². The number of benzene rings is 1. The average molecular weight is 249 g/mol. The number of aromatic nitrogens is 2. The summed E-state index contributed by atoms with van der Waals surface area (Å²) < 4.78 is 24.7. The third-order valence-electron chi connectivity index (χ3n) is 2.83. The van der Waals surface area contributed by atoms with Crippen molar-refractivity contribution >= 4 is 15.5 Å². The van der Waals surface area contributed by atoms with E-state index in [1.807, 2.05) is 12.1 Å². The molecular weight excluding hydrogens is 238 g/mol. The van der Waals surface area contributed by atoms with Crippen LogP contribution in [0.15, 0.2) is 30.5 Å². The van der Waals surface area contributed by atoms with Gasteiger partial charge >= 0.3 is 0 Å². The Kier molecular flexibility index (Phi) is 2.03. The van der Waals surface area contributed by atoms with Crippen LogP contribution < -0.4 is 5.73 Å². The van der Waals surface area contributed by atoms with Gasteiger partial charge < -0.3 is 5.73 Å². The topological polar surface area (TPSA) is 78.0 Å². The number of nitrogens with two attached hydrogens (primary N) is 1. The Morgan fingerprint density at radius 2 is 1.88 bits per heavy atom. The van der Waals surface area contributed by atoms with Crippen LogP contribution in [0.2, 0.25) is 0 Å². The summed E-state index contributed by atoms with van der Waals surface area (Å²) in [5.41, 5.74) is 8.67. The molecule has 0 spiro atoms. The van der Waals surface area contributed by atoms with Crippen molar-refractivity contribution in [3.63, 3.8) is 0 Å². The monoisotopic (exact) mass is 249 g/mol. The molecule has 0 aliphatic carbocycles. The molecule has 1 aliphatic rings. The predicted molar refractivity (Wildman–Crippen MR) is 64.3 cm³/mol. The van der Waals surface area contributed by atoms with Gasteiger partial charge in [0, 0.05) is 11.3 Å². The van der Waals surface area contributed by atoms with Crippen LogP contribution >= 0.6 is 0 Å². The summed E-state index contributed by atoms with van der Waals surface area (Å²) in [6.45, 7) is 0. The lowest BCUT2D eigenvalue weighted by Gasteiger charge is -2.05. The van der Waals surface area contributed by atoms with E-state index >= 15 is 0 Å². The highest BCUT2D eigenvalue weighted by Gasteiger charge is 2.29. The zero-order valence-corrected chi connectivity index (χ0v) is 9.81. The average Bonchev–Trinajstić information content (AvgIpc) is 2.74. The molecule has 0 saturated heterocycles. The fraction of sp³-hybridized carbons (Fsp3) is 0.182. The van der Waals surface area contributed by atoms with Gasteiger partial charge in [0.15, 0.2) is 9.84 Å². The van der Waals surface area contributed by atoms with Gasteiger partial charge in [-0.1, -0.05) is 0 Å². The highest BCUT2D eigenvalue weighted by atomic mass is 32.2. The predicted octanol–water partition coefficient (Wildman–Crippen LogP) is 0.883. The maximum Gasteiger partial charge on any atom is 0.160 e. The van der Waals surface area contributed by atoms with Gasteiger partial charge in [-0.2, -0.15) is 5.10 Å². The van der Waals surface area contributed by atoms with E-state index in [9.17, 15) is 8.42 Å². The SMILES string of the molecule is Nc1ccc(-n2ncc3c2CS(=O)(=O)C3)cc1. The molecule has 0 amide bonds. The van der Waals surface area contributed by atoms with Crippen LogP contribution in [0.25, 0.3) is 5.69 Å². The van der Waals surface area contributed by atoms with Crippen molar-refractivity contribution in [2.45, 2.75) is 11.5 Å². The van der Waals surface area contributed by atoms with Crippen LogP contribution in [0.3, 0.4) is 0 Å². The molecule has 0 bridgehead atoms. The number of fused-ring (bicyclic) bond motifs is 1. The lowest BCUT2D eigenvalue weighted by molar-refractivity contribution is 0.596. The van der Waals surface area contributed by atoms with E-state index in [1.54, 1.807) is 23.0 Å². The maximum atomic E-state index is 11.5. The minimum atomic E-state index is -2.99. The van der Waals surface area contributed by atoms with E-state index in [-0.39, 0.29) is 11.5 Å². The van der Waals surface area contributed by atoms with Gasteiger partial charge in [0.25, 0.3) is 0 Å². The summed E-state index contributed by atoms with van der Waals surface area (Å²) in [6, 6.07) is 7.20. The Hall–Kier alpha value is -1.82. The molecule has 17 heavy (non-hydrogen) atoms. The first kappa shape index (κ1) is 10.3. The first-order chi connectivity index (χ1) is 8.05. The molecule has 3 rings (SSSR count). The zero-order chi connectivity index (χ0) is 12.0. The van der Waals surface area contributed by atoms with E-state index in [4.69, 9.17) is 5.73 Å². The summed E-state index contributed by atoms with van der Waals surface area (Å²) in [6.07, 6.45) is 1.62. The molecule has 1 aromatic heterocycles. The molecule has 88 valence electrons. The number of rotatable bonds is 1. The first-order valence-corrected chi connectivity index (χ1v) is 6.99. The van der Waals surface area contributed by atoms with Gasteiger partial charge in [-0.25, -0.2) is 13.1 Å². The Balaban J connectivity index is 2.10. The molecule has 1 aliphatic heterocycles. The van der Waals surface area contributed by atoms with Gasteiger partial charge in [0.2, 0.25) is 0 Å². The number of hydrogen-bond acceptors (Lipinski definition) is 4. The van der Waals surface area contributed by atoms with E-state index in [0.717, 1.165) is 16.9 Å². The second kappa shape index (κ2) is 3.33. The number of sulfone groups is 1. The van der Waals surface area contributed by atoms with Gasteiger partial charge in [-0.15, -0.1) is 0 Å². The molecular formula is C11H11N3O2S. The molecule has 5 nitrogen and oxygen atoms in total. The Labute approximate surface area is 98.8 Å². The molecule has 2 N–H and O–H groups in total. The highest BCUT2D eigenvalue weighted by Crippen LogP contribution is 2.26. The molecule has 0 fully saturated rings. The smallest absolute Gasteiger partial charge is 0.160 e. The normalized spacial score (nSPS) is 16.9. The number of hydrogen-bond donors (Lipinski definition) is 1. The molecule has 0 saturated carbocycles. The van der Waals surface area contributed by atoms with E-state index in [0.29, 0.717) is 5.69 Å². The van der Waals surface area contributed by atoms with Crippen LogP contribution in [-0.2, 0) is 21.3 Å². The molecule has 0 radical (unpaired) electrons. The van der Waals surface area contributed by atoms with Gasteiger partial charge in [-0.3, -0.25) is 0 Å². The fourth-order valence-corrected chi connectivity index (χ4v) is 3.56. The third-order valence-corrected chi connectivity index (χ3v) is 4.29. The van der Waals surface area contributed by atoms with Crippen molar-refractivity contribution in [3.05, 3.63) is 41.7 Å². The molecule has 0 unspecified atom stereocenters. The van der Waals surface area contributed by atoms with Crippen LogP contribution in [-0.4, -0.2) is 18.2 Å². The summed E-state index contributed by atoms with van der Waals surface area (Å²) in [7, 11) is -2.99. The Morgan fingerprint density at radius 1 is 1.18 bits per heavy atom. The quantitative estimate of drug-likeness (QED) is 0.761. The summed E-state index contributed by atoms with van der Waals surface area (Å²) in [5.74, 6) is 0.157. The molecule has 0 atom stereocenters. The van der Waals surface area contributed by atoms with E-state index < -0.39 is 9.84 Å². The van der Waals surface area contributed by atoms with Crippen molar-refractivity contribution in [2.24, 2.45) is 0 Å². The molecule has 2 heterocycles. The van der Waals surface area contributed by atoms with Crippen molar-refractivity contribution in [1.82, 2.24) is 9.78 Å². The van der Waals surface area contributed by atoms with Gasteiger partial charge in [-0.05, 0) is 24.3 Å². The summed E-state index contributed by atoms with van der Waals surface area (Å²) in [4.78, 5) is 0. The largest absolute Gasteiger partial charge is 0.399 e. The molecule has 6 heteroatoms. The van der Waals surface area contributed by atoms with Crippen LogP contribution in [0, 0.1) is 0 Å². The van der Waals surface area contributed by atoms with E-state index in [1.165, 1.54) is 0 Å². The number of anilines is 1. The minimum Gasteiger partial charge on any atom is -0.399 e. The first-order valence-electron chi connectivity index (χ1n) is 5.17. The maximum absolute atomic E-state index is 11.5. The lowest BCUT2D eigenvalue weighted by atomic mass is 10.2. The number of nitrogen functional groups attached to an aromatic ring is 1.